The molecule has 26 heavy (non-hydrogen) atoms. The maximum absolute atomic E-state index is 11.8. The zero-order valence-electron chi connectivity index (χ0n) is 15.2. The number of allylic oxidation sites excluding steroid dienone is 1. The Morgan fingerprint density at radius 3 is 1.54 bits per heavy atom. The van der Waals surface area contributed by atoms with Crippen LogP contribution in [0.4, 0.5) is 0 Å². The Bertz CT molecular complexity index is 1240. The first-order valence-corrected chi connectivity index (χ1v) is 10.7. The van der Waals surface area contributed by atoms with Gasteiger partial charge in [-0.05, 0) is 17.9 Å². The topological polar surface area (TPSA) is 163 Å². The minimum Gasteiger partial charge on any atom is -1.00 e. The summed E-state index contributed by atoms with van der Waals surface area (Å²) in [6.45, 7) is 4.79. The van der Waals surface area contributed by atoms with Gasteiger partial charge in [0.25, 0.3) is 30.4 Å². The molecule has 0 bridgehead atoms. The van der Waals surface area contributed by atoms with Crippen LogP contribution in [0.15, 0.2) is 45.5 Å². The fourth-order valence-corrected chi connectivity index (χ4v) is 6.20. The third kappa shape index (κ3) is 4.09. The minimum absolute atomic E-state index is 0. The summed E-state index contributed by atoms with van der Waals surface area (Å²) in [7, 11) is -16.2. The van der Waals surface area contributed by atoms with Crippen LogP contribution in [0.5, 0.6) is 0 Å². The Morgan fingerprint density at radius 1 is 0.808 bits per heavy atom. The van der Waals surface area contributed by atoms with Gasteiger partial charge in [-0.25, -0.2) is 0 Å². The zero-order valence-corrected chi connectivity index (χ0v) is 17.1. The molecule has 0 heterocycles. The number of hydrogen-bond donors (Lipinski definition) is 3. The summed E-state index contributed by atoms with van der Waals surface area (Å²) in [5.41, 5.74) is -0.436. The maximum Gasteiger partial charge on any atom is 2.00 e. The van der Waals surface area contributed by atoms with E-state index in [1.165, 1.54) is 25.1 Å². The van der Waals surface area contributed by atoms with Crippen LogP contribution >= 0.6 is 0 Å². The molecule has 2 rings (SSSR count). The van der Waals surface area contributed by atoms with Crippen molar-refractivity contribution in [3.63, 3.8) is 0 Å². The minimum atomic E-state index is -5.50. The Hall–Kier alpha value is -1.06. The van der Waals surface area contributed by atoms with Gasteiger partial charge >= 0.3 is 23.1 Å². The summed E-state index contributed by atoms with van der Waals surface area (Å²) < 4.78 is 99.0. The number of rotatable bonds is 4. The van der Waals surface area contributed by atoms with Gasteiger partial charge in [0.2, 0.25) is 0 Å². The van der Waals surface area contributed by atoms with Gasteiger partial charge in [0.1, 0.15) is 14.7 Å². The van der Waals surface area contributed by atoms with Crippen LogP contribution in [0.3, 0.4) is 0 Å². The Kier molecular flexibility index (Phi) is 6.33. The third-order valence-electron chi connectivity index (χ3n) is 3.28. The van der Waals surface area contributed by atoms with Gasteiger partial charge in [-0.3, -0.25) is 13.7 Å². The molecule has 0 spiro atoms. The number of hydrogen-bond acceptors (Lipinski definition) is 6. The van der Waals surface area contributed by atoms with E-state index >= 15 is 0 Å². The van der Waals surface area contributed by atoms with Gasteiger partial charge in [-0.15, -0.1) is 0 Å². The van der Waals surface area contributed by atoms with E-state index in [-0.39, 0.29) is 42.3 Å². The van der Waals surface area contributed by atoms with E-state index in [2.05, 4.69) is 6.58 Å². The summed E-state index contributed by atoms with van der Waals surface area (Å²) >= 11 is 0. The van der Waals surface area contributed by atoms with Gasteiger partial charge in [0.15, 0.2) is 0 Å². The molecule has 9 nitrogen and oxygen atoms in total. The molecule has 2 aromatic carbocycles. The van der Waals surface area contributed by atoms with E-state index in [1.807, 2.05) is 0 Å². The second-order valence-electron chi connectivity index (χ2n) is 5.11. The molecule has 2 aromatic rings. The van der Waals surface area contributed by atoms with Gasteiger partial charge in [-0.1, -0.05) is 30.8 Å². The van der Waals surface area contributed by atoms with E-state index in [1.54, 1.807) is 0 Å². The van der Waals surface area contributed by atoms with Gasteiger partial charge in [0, 0.05) is 10.9 Å². The van der Waals surface area contributed by atoms with Crippen LogP contribution in [0, 0.1) is 0 Å². The predicted octanol–water partition coefficient (Wildman–Crippen LogP) is 1.46. The molecule has 0 amide bonds. The second-order valence-corrected chi connectivity index (χ2v) is 9.19. The molecule has 0 aliphatic carbocycles. The largest absolute Gasteiger partial charge is 2.00 e. The zero-order chi connectivity index (χ0) is 19.4. The van der Waals surface area contributed by atoms with Crippen LogP contribution < -0.4 is 0 Å². The normalized spacial score (nSPS) is 12.6. The molecule has 0 aromatic heterocycles. The first-order valence-electron chi connectivity index (χ1n) is 6.34. The van der Waals surface area contributed by atoms with Gasteiger partial charge < -0.3 is 2.85 Å². The average molecular weight is 435 g/mol. The molecule has 3 N–H and O–H groups in total. The molecule has 0 radical (unpaired) electrons. The fraction of sp³-hybridized carbons (Fsp3) is 0.0769. The van der Waals surface area contributed by atoms with Gasteiger partial charge in [-0.2, -0.15) is 25.3 Å². The quantitative estimate of drug-likeness (QED) is 0.477. The molecular weight excluding hydrogens is 421 g/mol. The van der Waals surface area contributed by atoms with Crippen molar-refractivity contribution in [2.75, 3.05) is 0 Å². The summed E-state index contributed by atoms with van der Waals surface area (Å²) in [4.78, 5) is -4.38. The summed E-state index contributed by atoms with van der Waals surface area (Å²) in [6.07, 6.45) is 0. The molecule has 0 unspecified atom stereocenters. The Labute approximate surface area is 169 Å². The second kappa shape index (κ2) is 7.16. The first kappa shape index (κ1) is 23.0. The van der Waals surface area contributed by atoms with Crippen molar-refractivity contribution in [1.29, 1.82) is 0 Å². The van der Waals surface area contributed by atoms with Crippen molar-refractivity contribution in [3.8, 4) is 0 Å². The third-order valence-corrected chi connectivity index (χ3v) is 6.33. The molecule has 0 atom stereocenters. The maximum atomic E-state index is 11.8. The van der Waals surface area contributed by atoms with E-state index in [0.717, 1.165) is 6.07 Å². The molecule has 13 heteroatoms. The van der Waals surface area contributed by atoms with Crippen molar-refractivity contribution >= 4 is 69.8 Å². The molecule has 0 aliphatic heterocycles. The molecule has 0 saturated carbocycles. The first-order chi connectivity index (χ1) is 11.2. The number of fused-ring (bicyclic) bond motifs is 1. The van der Waals surface area contributed by atoms with Gasteiger partial charge in [0.05, 0.1) is 0 Å². The van der Waals surface area contributed by atoms with Crippen LogP contribution in [0.1, 0.15) is 15.3 Å². The van der Waals surface area contributed by atoms with E-state index in [9.17, 15) is 38.9 Å². The summed E-state index contributed by atoms with van der Waals surface area (Å²) in [5.74, 6) is 0. The molecule has 0 saturated heterocycles. The Morgan fingerprint density at radius 2 is 1.19 bits per heavy atom. The fourth-order valence-electron chi connectivity index (χ4n) is 2.52. The van der Waals surface area contributed by atoms with Crippen LogP contribution in [-0.2, 0) is 30.4 Å². The van der Waals surface area contributed by atoms with Crippen molar-refractivity contribution < 1.29 is 41.8 Å². The summed E-state index contributed by atoms with van der Waals surface area (Å²) in [5, 5.41) is -0.481. The monoisotopic (exact) mass is 434 g/mol. The summed E-state index contributed by atoms with van der Waals surface area (Å²) in [6, 6.07) is 5.05. The predicted molar refractivity (Wildman–Crippen MR) is 96.1 cm³/mol. The molecule has 0 fully saturated rings. The Balaban J connectivity index is 0. The van der Waals surface area contributed by atoms with E-state index < -0.39 is 50.6 Å². The molecule has 0 aliphatic rings. The average Bonchev–Trinajstić information content (AvgIpc) is 2.41. The van der Waals surface area contributed by atoms with Crippen molar-refractivity contribution in [2.45, 2.75) is 21.6 Å². The number of benzene rings is 2. The molecule has 140 valence electrons. The van der Waals surface area contributed by atoms with Crippen molar-refractivity contribution in [3.05, 3.63) is 36.4 Å². The van der Waals surface area contributed by atoms with E-state index in [0.29, 0.717) is 0 Å². The standard InChI is InChI=1S/C13H12O9S3.Mg.2H/c1-7(2)10-8-5-3-4-6-9(8)11(23(14,15)16)13(25(20,21)22)12(10)24(17,18)19;;;/h3-6H,1H2,2H3,(H,14,15,16)(H,17,18,19)(H,20,21,22);;;/q;+2;2*-1. The van der Waals surface area contributed by atoms with Crippen LogP contribution in [0.25, 0.3) is 16.3 Å². The van der Waals surface area contributed by atoms with Crippen LogP contribution in [-0.4, -0.2) is 62.0 Å². The molecular formula is C13H14MgO9S3. The van der Waals surface area contributed by atoms with Crippen molar-refractivity contribution in [1.82, 2.24) is 0 Å². The SMILES string of the molecule is C=C(C)c1c(S(=O)(=O)O)c(S(=O)(=O)O)c(S(=O)(=O)O)c2ccccc12.[H-].[H-].[Mg+2]. The van der Waals surface area contributed by atoms with Crippen LogP contribution in [0.2, 0.25) is 0 Å². The van der Waals surface area contributed by atoms with E-state index in [4.69, 9.17) is 0 Å². The smallest absolute Gasteiger partial charge is 1.00 e. The van der Waals surface area contributed by atoms with Crippen molar-refractivity contribution in [2.24, 2.45) is 0 Å².